The summed E-state index contributed by atoms with van der Waals surface area (Å²) in [7, 11) is 0. The second-order valence-electron chi connectivity index (χ2n) is 3.06. The van der Waals surface area contributed by atoms with E-state index in [1.54, 1.807) is 0 Å². The largest absolute Gasteiger partial charge is 0.491 e. The zero-order valence-corrected chi connectivity index (χ0v) is 8.39. The van der Waals surface area contributed by atoms with E-state index in [1.807, 2.05) is 19.1 Å². The molecule has 12 heavy (non-hydrogen) atoms. The van der Waals surface area contributed by atoms with Crippen LogP contribution in [0.3, 0.4) is 0 Å². The van der Waals surface area contributed by atoms with Crippen molar-refractivity contribution >= 4 is 15.9 Å². The fraction of sp³-hybridized carbons (Fsp3) is 0.333. The zero-order chi connectivity index (χ0) is 8.72. The highest BCUT2D eigenvalue weighted by Crippen LogP contribution is 2.34. The van der Waals surface area contributed by atoms with Gasteiger partial charge in [0.2, 0.25) is 0 Å². The number of hydrogen-bond acceptors (Lipinski definition) is 2. The molecule has 1 aromatic rings. The van der Waals surface area contributed by atoms with Gasteiger partial charge in [0.15, 0.2) is 0 Å². The minimum Gasteiger partial charge on any atom is -0.491 e. The fourth-order valence-electron chi connectivity index (χ4n) is 1.35. The van der Waals surface area contributed by atoms with Crippen molar-refractivity contribution in [2.24, 2.45) is 5.73 Å². The number of fused-ring (bicyclic) bond motifs is 1. The van der Waals surface area contributed by atoms with Crippen molar-refractivity contribution in [2.45, 2.75) is 13.0 Å². The molecule has 0 spiro atoms. The van der Waals surface area contributed by atoms with E-state index >= 15 is 0 Å². The lowest BCUT2D eigenvalue weighted by atomic mass is 10.1. The van der Waals surface area contributed by atoms with Gasteiger partial charge in [0.05, 0.1) is 6.04 Å². The van der Waals surface area contributed by atoms with E-state index in [4.69, 9.17) is 10.5 Å². The van der Waals surface area contributed by atoms with E-state index in [0.29, 0.717) is 6.61 Å². The molecular weight excluding hydrogens is 218 g/mol. The third kappa shape index (κ3) is 1.13. The Balaban J connectivity index is 2.56. The molecule has 1 aromatic carbocycles. The molecule has 2 N–H and O–H groups in total. The minimum atomic E-state index is 0.0388. The molecule has 1 aliphatic heterocycles. The second kappa shape index (κ2) is 2.75. The molecule has 0 aliphatic carbocycles. The van der Waals surface area contributed by atoms with Crippen molar-refractivity contribution in [2.75, 3.05) is 6.61 Å². The summed E-state index contributed by atoms with van der Waals surface area (Å²) in [6.45, 7) is 2.64. The van der Waals surface area contributed by atoms with Gasteiger partial charge >= 0.3 is 0 Å². The van der Waals surface area contributed by atoms with Crippen molar-refractivity contribution in [3.05, 3.63) is 27.7 Å². The molecule has 2 nitrogen and oxygen atoms in total. The predicted molar refractivity (Wildman–Crippen MR) is 51.3 cm³/mol. The molecule has 0 fully saturated rings. The maximum atomic E-state index is 5.82. The van der Waals surface area contributed by atoms with Crippen LogP contribution in [0, 0.1) is 6.92 Å². The summed E-state index contributed by atoms with van der Waals surface area (Å²) in [6, 6.07) is 4.10. The van der Waals surface area contributed by atoms with Crippen LogP contribution < -0.4 is 10.5 Å². The monoisotopic (exact) mass is 227 g/mol. The van der Waals surface area contributed by atoms with E-state index in [-0.39, 0.29) is 6.04 Å². The summed E-state index contributed by atoms with van der Waals surface area (Å²) < 4.78 is 6.50. The van der Waals surface area contributed by atoms with Crippen LogP contribution in [0.15, 0.2) is 16.6 Å². The molecule has 0 unspecified atom stereocenters. The number of rotatable bonds is 0. The zero-order valence-electron chi connectivity index (χ0n) is 6.80. The Morgan fingerprint density at radius 2 is 2.33 bits per heavy atom. The summed E-state index contributed by atoms with van der Waals surface area (Å²) in [4.78, 5) is 0. The first kappa shape index (κ1) is 8.08. The number of ether oxygens (including phenoxy) is 1. The first-order valence-corrected chi connectivity index (χ1v) is 4.66. The first-order valence-electron chi connectivity index (χ1n) is 3.87. The van der Waals surface area contributed by atoms with Gasteiger partial charge in [-0.25, -0.2) is 0 Å². The maximum absolute atomic E-state index is 5.82. The molecule has 64 valence electrons. The van der Waals surface area contributed by atoms with Crippen molar-refractivity contribution in [1.82, 2.24) is 0 Å². The molecule has 0 bridgehead atoms. The number of benzene rings is 1. The summed E-state index contributed by atoms with van der Waals surface area (Å²) >= 11 is 3.47. The summed E-state index contributed by atoms with van der Waals surface area (Å²) in [5.74, 6) is 0.934. The highest BCUT2D eigenvalue weighted by molar-refractivity contribution is 9.10. The molecule has 0 radical (unpaired) electrons. The SMILES string of the molecule is Cc1cc2c(cc1Br)[C@@H](N)CO2. The lowest BCUT2D eigenvalue weighted by Gasteiger charge is -2.03. The van der Waals surface area contributed by atoms with Crippen LogP contribution in [0.1, 0.15) is 17.2 Å². The van der Waals surface area contributed by atoms with Gasteiger partial charge in [-0.3, -0.25) is 0 Å². The van der Waals surface area contributed by atoms with Crippen molar-refractivity contribution < 1.29 is 4.74 Å². The highest BCUT2D eigenvalue weighted by atomic mass is 79.9. The van der Waals surface area contributed by atoms with Crippen LogP contribution in [0.25, 0.3) is 0 Å². The highest BCUT2D eigenvalue weighted by Gasteiger charge is 2.21. The average molecular weight is 228 g/mol. The lowest BCUT2D eigenvalue weighted by Crippen LogP contribution is -2.10. The van der Waals surface area contributed by atoms with Crippen LogP contribution in [-0.2, 0) is 0 Å². The van der Waals surface area contributed by atoms with Gasteiger partial charge in [-0.1, -0.05) is 15.9 Å². The lowest BCUT2D eigenvalue weighted by molar-refractivity contribution is 0.333. The Hall–Kier alpha value is -0.540. The third-order valence-electron chi connectivity index (χ3n) is 2.11. The second-order valence-corrected chi connectivity index (χ2v) is 3.91. The van der Waals surface area contributed by atoms with Crippen LogP contribution >= 0.6 is 15.9 Å². The van der Waals surface area contributed by atoms with Crippen LogP contribution in [0.5, 0.6) is 5.75 Å². The van der Waals surface area contributed by atoms with E-state index < -0.39 is 0 Å². The van der Waals surface area contributed by atoms with Gasteiger partial charge in [0.25, 0.3) is 0 Å². The molecule has 0 amide bonds. The van der Waals surface area contributed by atoms with Gasteiger partial charge in [-0.15, -0.1) is 0 Å². The topological polar surface area (TPSA) is 35.2 Å². The molecule has 3 heteroatoms. The Bertz CT molecular complexity index is 325. The molecular formula is C9H10BrNO. The Kier molecular flexibility index (Phi) is 1.85. The molecule has 0 saturated heterocycles. The molecule has 0 aromatic heterocycles. The third-order valence-corrected chi connectivity index (χ3v) is 2.96. The molecule has 1 atom stereocenters. The van der Waals surface area contributed by atoms with Crippen LogP contribution in [0.4, 0.5) is 0 Å². The molecule has 2 rings (SSSR count). The van der Waals surface area contributed by atoms with Crippen molar-refractivity contribution in [1.29, 1.82) is 0 Å². The van der Waals surface area contributed by atoms with Gasteiger partial charge in [0.1, 0.15) is 12.4 Å². The average Bonchev–Trinajstić information content (AvgIpc) is 2.35. The van der Waals surface area contributed by atoms with E-state index in [9.17, 15) is 0 Å². The van der Waals surface area contributed by atoms with E-state index in [0.717, 1.165) is 15.8 Å². The summed E-state index contributed by atoms with van der Waals surface area (Å²) in [5, 5.41) is 0. The van der Waals surface area contributed by atoms with Gasteiger partial charge in [0, 0.05) is 10.0 Å². The quantitative estimate of drug-likeness (QED) is 0.738. The van der Waals surface area contributed by atoms with Crippen molar-refractivity contribution in [3.63, 3.8) is 0 Å². The summed E-state index contributed by atoms with van der Waals surface area (Å²) in [6.07, 6.45) is 0. The smallest absolute Gasteiger partial charge is 0.124 e. The Labute approximate surface area is 79.8 Å². The number of aryl methyl sites for hydroxylation is 1. The Morgan fingerprint density at radius 1 is 1.58 bits per heavy atom. The van der Waals surface area contributed by atoms with E-state index in [1.165, 1.54) is 5.56 Å². The minimum absolute atomic E-state index is 0.0388. The maximum Gasteiger partial charge on any atom is 0.124 e. The number of hydrogen-bond donors (Lipinski definition) is 1. The van der Waals surface area contributed by atoms with Crippen LogP contribution in [0.2, 0.25) is 0 Å². The van der Waals surface area contributed by atoms with Crippen molar-refractivity contribution in [3.8, 4) is 5.75 Å². The van der Waals surface area contributed by atoms with E-state index in [2.05, 4.69) is 15.9 Å². The van der Waals surface area contributed by atoms with Gasteiger partial charge in [-0.2, -0.15) is 0 Å². The van der Waals surface area contributed by atoms with Crippen LogP contribution in [-0.4, -0.2) is 6.61 Å². The molecule has 1 aliphatic rings. The normalized spacial score (nSPS) is 20.4. The fourth-order valence-corrected chi connectivity index (χ4v) is 1.72. The first-order chi connectivity index (χ1) is 5.68. The van der Waals surface area contributed by atoms with Gasteiger partial charge in [-0.05, 0) is 24.6 Å². The molecule has 0 saturated carbocycles. The molecule has 1 heterocycles. The Morgan fingerprint density at radius 3 is 3.08 bits per heavy atom. The number of nitrogens with two attached hydrogens (primary N) is 1. The summed E-state index contributed by atoms with van der Waals surface area (Å²) in [5.41, 5.74) is 8.11. The predicted octanol–water partition coefficient (Wildman–Crippen LogP) is 2.15. The van der Waals surface area contributed by atoms with Gasteiger partial charge < -0.3 is 10.5 Å². The standard InChI is InChI=1S/C9H10BrNO/c1-5-2-9-6(3-7(5)10)8(11)4-12-9/h2-3,8H,4,11H2,1H3/t8-/m0/s1. The number of halogens is 1.